The molecule has 1 rings (SSSR count). The molecule has 0 radical (unpaired) electrons. The van der Waals surface area contributed by atoms with Crippen LogP contribution < -0.4 is 11.1 Å². The van der Waals surface area contributed by atoms with E-state index in [1.807, 2.05) is 6.07 Å². The molecule has 0 bridgehead atoms. The minimum Gasteiger partial charge on any atom is -0.350 e. The van der Waals surface area contributed by atoms with Crippen LogP contribution in [0, 0.1) is 0 Å². The fraction of sp³-hybridized carbons (Fsp3) is 0.500. The van der Waals surface area contributed by atoms with Crippen LogP contribution in [-0.4, -0.2) is 22.1 Å². The molecular weight excluding hydrogens is 168 g/mol. The molecule has 1 heterocycles. The van der Waals surface area contributed by atoms with Crippen LogP contribution in [0.3, 0.4) is 0 Å². The van der Waals surface area contributed by atoms with Gasteiger partial charge in [0.15, 0.2) is 0 Å². The zero-order valence-corrected chi connectivity index (χ0v) is 7.58. The van der Waals surface area contributed by atoms with Gasteiger partial charge in [0.1, 0.15) is 0 Å². The van der Waals surface area contributed by atoms with E-state index < -0.39 is 0 Å². The Balaban J connectivity index is 2.23. The maximum atomic E-state index is 11.1. The van der Waals surface area contributed by atoms with Crippen molar-refractivity contribution in [2.45, 2.75) is 25.9 Å². The molecule has 0 spiro atoms. The number of nitrogens with two attached hydrogens (primary N) is 1. The number of amides is 1. The number of rotatable bonds is 4. The molecule has 5 nitrogen and oxygen atoms in total. The second-order valence-corrected chi connectivity index (χ2v) is 3.04. The molecule has 0 aromatic carbocycles. The lowest BCUT2D eigenvalue weighted by atomic mass is 10.2. The van der Waals surface area contributed by atoms with E-state index in [1.54, 1.807) is 13.1 Å². The highest BCUT2D eigenvalue weighted by atomic mass is 16.1. The summed E-state index contributed by atoms with van der Waals surface area (Å²) in [5.41, 5.74) is 6.35. The first-order valence-electron chi connectivity index (χ1n) is 4.19. The second kappa shape index (κ2) is 4.61. The summed E-state index contributed by atoms with van der Waals surface area (Å²) in [7, 11) is 0. The molecule has 1 unspecified atom stereocenters. The van der Waals surface area contributed by atoms with Crippen molar-refractivity contribution in [1.29, 1.82) is 0 Å². The smallest absolute Gasteiger partial charge is 0.221 e. The molecule has 0 aliphatic rings. The molecule has 13 heavy (non-hydrogen) atoms. The van der Waals surface area contributed by atoms with Gasteiger partial charge in [-0.2, -0.15) is 5.10 Å². The normalized spacial score (nSPS) is 12.5. The second-order valence-electron chi connectivity index (χ2n) is 3.04. The zero-order valence-electron chi connectivity index (χ0n) is 7.58. The highest BCUT2D eigenvalue weighted by Gasteiger charge is 2.04. The molecule has 4 N–H and O–H groups in total. The zero-order chi connectivity index (χ0) is 9.68. The average Bonchev–Trinajstić information content (AvgIpc) is 2.51. The average molecular weight is 182 g/mol. The predicted molar refractivity (Wildman–Crippen MR) is 48.7 cm³/mol. The Morgan fingerprint density at radius 3 is 3.15 bits per heavy atom. The number of nitrogens with zero attached hydrogens (tertiary/aromatic N) is 1. The number of aromatic nitrogens is 2. The topological polar surface area (TPSA) is 83.8 Å². The highest BCUT2D eigenvalue weighted by Crippen LogP contribution is 1.91. The molecule has 0 saturated heterocycles. The summed E-state index contributed by atoms with van der Waals surface area (Å²) in [5, 5.41) is 9.24. The van der Waals surface area contributed by atoms with Crippen LogP contribution >= 0.6 is 0 Å². The largest absolute Gasteiger partial charge is 0.350 e. The Morgan fingerprint density at radius 1 is 1.85 bits per heavy atom. The van der Waals surface area contributed by atoms with Gasteiger partial charge in [0.2, 0.25) is 5.91 Å². The van der Waals surface area contributed by atoms with E-state index in [2.05, 4.69) is 15.5 Å². The van der Waals surface area contributed by atoms with Crippen molar-refractivity contribution in [2.24, 2.45) is 5.73 Å². The molecular formula is C8H14N4O. The van der Waals surface area contributed by atoms with E-state index in [4.69, 9.17) is 5.73 Å². The number of hydrogen-bond donors (Lipinski definition) is 3. The molecule has 1 atom stereocenters. The lowest BCUT2D eigenvalue weighted by Crippen LogP contribution is -2.29. The molecule has 1 amide bonds. The fourth-order valence-electron chi connectivity index (χ4n) is 0.942. The van der Waals surface area contributed by atoms with Gasteiger partial charge < -0.3 is 11.1 Å². The standard InChI is InChI=1S/C8H14N4O/c1-6(9)4-8(13)10-5-7-2-3-11-12-7/h2-3,6H,4-5,9H2,1H3,(H,10,13)(H,11,12). The van der Waals surface area contributed by atoms with Crippen molar-refractivity contribution in [1.82, 2.24) is 15.5 Å². The summed E-state index contributed by atoms with van der Waals surface area (Å²) >= 11 is 0. The van der Waals surface area contributed by atoms with Crippen LogP contribution in [0.25, 0.3) is 0 Å². The molecule has 0 saturated carbocycles. The van der Waals surface area contributed by atoms with Gasteiger partial charge in [-0.05, 0) is 13.0 Å². The Hall–Kier alpha value is -1.36. The van der Waals surface area contributed by atoms with Gasteiger partial charge in [-0.25, -0.2) is 0 Å². The number of H-pyrrole nitrogens is 1. The molecule has 1 aromatic heterocycles. The molecule has 0 fully saturated rings. The van der Waals surface area contributed by atoms with E-state index in [1.165, 1.54) is 0 Å². The van der Waals surface area contributed by atoms with Gasteiger partial charge in [0.05, 0.1) is 12.2 Å². The molecule has 5 heteroatoms. The third-order valence-electron chi connectivity index (χ3n) is 1.54. The first-order chi connectivity index (χ1) is 6.18. The SMILES string of the molecule is CC(N)CC(=O)NCc1ccn[nH]1. The summed E-state index contributed by atoms with van der Waals surface area (Å²) < 4.78 is 0. The van der Waals surface area contributed by atoms with E-state index in [0.717, 1.165) is 5.69 Å². The van der Waals surface area contributed by atoms with Gasteiger partial charge in [-0.15, -0.1) is 0 Å². The number of carbonyl (C=O) groups is 1. The van der Waals surface area contributed by atoms with Crippen molar-refractivity contribution < 1.29 is 4.79 Å². The lowest BCUT2D eigenvalue weighted by molar-refractivity contribution is -0.121. The lowest BCUT2D eigenvalue weighted by Gasteiger charge is -2.05. The Morgan fingerprint density at radius 2 is 2.62 bits per heavy atom. The molecule has 1 aromatic rings. The minimum atomic E-state index is -0.0956. The minimum absolute atomic E-state index is 0.0374. The summed E-state index contributed by atoms with van der Waals surface area (Å²) in [6, 6.07) is 1.72. The monoisotopic (exact) mass is 182 g/mol. The predicted octanol–water partition coefficient (Wildman–Crippen LogP) is -0.237. The van der Waals surface area contributed by atoms with Crippen LogP contribution in [-0.2, 0) is 11.3 Å². The maximum absolute atomic E-state index is 11.1. The quantitative estimate of drug-likeness (QED) is 0.601. The summed E-state index contributed by atoms with van der Waals surface area (Å²) in [4.78, 5) is 11.1. The first kappa shape index (κ1) is 9.73. The van der Waals surface area contributed by atoms with Gasteiger partial charge >= 0.3 is 0 Å². The number of carbonyl (C=O) groups excluding carboxylic acids is 1. The van der Waals surface area contributed by atoms with E-state index in [-0.39, 0.29) is 11.9 Å². The van der Waals surface area contributed by atoms with Crippen LogP contribution in [0.1, 0.15) is 19.0 Å². The molecule has 0 aliphatic heterocycles. The number of nitrogens with one attached hydrogen (secondary N) is 2. The van der Waals surface area contributed by atoms with Gasteiger partial charge in [0.25, 0.3) is 0 Å². The van der Waals surface area contributed by atoms with Gasteiger partial charge in [0, 0.05) is 18.7 Å². The van der Waals surface area contributed by atoms with E-state index in [0.29, 0.717) is 13.0 Å². The summed E-state index contributed by atoms with van der Waals surface area (Å²) in [6.45, 7) is 2.28. The van der Waals surface area contributed by atoms with Gasteiger partial charge in [-0.3, -0.25) is 9.89 Å². The maximum Gasteiger partial charge on any atom is 0.221 e. The molecule has 72 valence electrons. The van der Waals surface area contributed by atoms with E-state index in [9.17, 15) is 4.79 Å². The van der Waals surface area contributed by atoms with Crippen LogP contribution in [0.4, 0.5) is 0 Å². The highest BCUT2D eigenvalue weighted by molar-refractivity contribution is 5.76. The Bertz CT molecular complexity index is 255. The Kier molecular flexibility index (Phi) is 3.45. The van der Waals surface area contributed by atoms with Crippen molar-refractivity contribution in [3.63, 3.8) is 0 Å². The number of aromatic amines is 1. The van der Waals surface area contributed by atoms with Crippen molar-refractivity contribution in [3.05, 3.63) is 18.0 Å². The number of hydrogen-bond acceptors (Lipinski definition) is 3. The summed E-state index contributed by atoms with van der Waals surface area (Å²) in [6.07, 6.45) is 2.00. The van der Waals surface area contributed by atoms with Gasteiger partial charge in [-0.1, -0.05) is 0 Å². The third kappa shape index (κ3) is 3.71. The third-order valence-corrected chi connectivity index (χ3v) is 1.54. The van der Waals surface area contributed by atoms with Crippen LogP contribution in [0.5, 0.6) is 0 Å². The summed E-state index contributed by atoms with van der Waals surface area (Å²) in [5.74, 6) is -0.0374. The van der Waals surface area contributed by atoms with Crippen molar-refractivity contribution >= 4 is 5.91 Å². The van der Waals surface area contributed by atoms with Crippen molar-refractivity contribution in [3.8, 4) is 0 Å². The van der Waals surface area contributed by atoms with Crippen LogP contribution in [0.2, 0.25) is 0 Å². The fourth-order valence-corrected chi connectivity index (χ4v) is 0.942. The van der Waals surface area contributed by atoms with Crippen molar-refractivity contribution in [2.75, 3.05) is 0 Å². The first-order valence-corrected chi connectivity index (χ1v) is 4.19. The Labute approximate surface area is 76.7 Å². The molecule has 0 aliphatic carbocycles. The van der Waals surface area contributed by atoms with Crippen LogP contribution in [0.15, 0.2) is 12.3 Å². The van der Waals surface area contributed by atoms with E-state index >= 15 is 0 Å².